The van der Waals surface area contributed by atoms with Gasteiger partial charge >= 0.3 is 0 Å². The number of nitrogens with one attached hydrogen (secondary N) is 2. The van der Waals surface area contributed by atoms with Crippen molar-refractivity contribution in [3.8, 4) is 0 Å². The predicted molar refractivity (Wildman–Crippen MR) is 86.4 cm³/mol. The van der Waals surface area contributed by atoms with E-state index in [4.69, 9.17) is 0 Å². The molecule has 0 radical (unpaired) electrons. The van der Waals surface area contributed by atoms with Crippen molar-refractivity contribution in [1.82, 2.24) is 18.7 Å². The van der Waals surface area contributed by atoms with Crippen LogP contribution >= 0.6 is 23.5 Å². The maximum absolute atomic E-state index is 12.0. The van der Waals surface area contributed by atoms with Crippen molar-refractivity contribution in [2.75, 3.05) is 11.1 Å². The van der Waals surface area contributed by atoms with Gasteiger partial charge < -0.3 is 10.3 Å². The number of fused-ring (bicyclic) bond motifs is 1. The molecular weight excluding hydrogens is 322 g/mol. The molecule has 3 aromatic rings. The highest BCUT2D eigenvalue weighted by Gasteiger charge is 2.10. The van der Waals surface area contributed by atoms with Gasteiger partial charge in [-0.15, -0.1) is 0 Å². The molecule has 3 rings (SSSR count). The van der Waals surface area contributed by atoms with Crippen LogP contribution in [0.1, 0.15) is 5.69 Å². The van der Waals surface area contributed by atoms with Crippen LogP contribution in [0.2, 0.25) is 0 Å². The van der Waals surface area contributed by atoms with Gasteiger partial charge in [-0.1, -0.05) is 17.8 Å². The smallest absolute Gasteiger partial charge is 0.251 e. The predicted octanol–water partition coefficient (Wildman–Crippen LogP) is 1.81. The topological polar surface area (TPSA) is 101 Å². The molecule has 0 atom stereocenters. The molecule has 1 aromatic carbocycles. The molecule has 0 unspecified atom stereocenters. The summed E-state index contributed by atoms with van der Waals surface area (Å²) in [7, 11) is 0. The zero-order valence-corrected chi connectivity index (χ0v) is 13.1. The molecule has 0 fully saturated rings. The molecule has 0 saturated heterocycles. The fourth-order valence-electron chi connectivity index (χ4n) is 1.85. The first-order valence-corrected chi connectivity index (χ1v) is 8.05. The van der Waals surface area contributed by atoms with Crippen LogP contribution in [0, 0.1) is 6.92 Å². The van der Waals surface area contributed by atoms with Crippen molar-refractivity contribution in [1.29, 1.82) is 0 Å². The third-order valence-corrected chi connectivity index (χ3v) is 4.16. The molecule has 1 amide bonds. The number of hydrogen-bond acceptors (Lipinski definition) is 7. The standard InChI is InChI=1S/C13H11N5O2S2/c1-7-5-10(19)16-13(14-7)21-6-11(20)15-8-3-2-4-9-12(8)18-22-17-9/h2-5H,6H2,1H3,(H,15,20)(H,14,16,19). The molecule has 2 N–H and O–H groups in total. The number of hydrogen-bond donors (Lipinski definition) is 2. The van der Waals surface area contributed by atoms with Crippen molar-refractivity contribution in [2.45, 2.75) is 12.1 Å². The molecule has 0 spiro atoms. The van der Waals surface area contributed by atoms with Crippen LogP contribution in [0.4, 0.5) is 5.69 Å². The average molecular weight is 333 g/mol. The van der Waals surface area contributed by atoms with Crippen molar-refractivity contribution < 1.29 is 4.79 Å². The number of aromatic amines is 1. The Hall–Kier alpha value is -2.26. The van der Waals surface area contributed by atoms with Gasteiger partial charge in [0.1, 0.15) is 11.0 Å². The maximum Gasteiger partial charge on any atom is 0.251 e. The number of benzene rings is 1. The largest absolute Gasteiger partial charge is 0.323 e. The highest BCUT2D eigenvalue weighted by molar-refractivity contribution is 7.99. The number of H-pyrrole nitrogens is 1. The average Bonchev–Trinajstić information content (AvgIpc) is 2.94. The van der Waals surface area contributed by atoms with Crippen LogP contribution in [0.15, 0.2) is 34.2 Å². The first-order chi connectivity index (χ1) is 10.6. The zero-order chi connectivity index (χ0) is 15.5. The minimum atomic E-state index is -0.228. The van der Waals surface area contributed by atoms with Gasteiger partial charge in [0.15, 0.2) is 5.16 Å². The molecule has 9 heteroatoms. The van der Waals surface area contributed by atoms with Crippen LogP contribution < -0.4 is 10.9 Å². The molecule has 2 heterocycles. The zero-order valence-electron chi connectivity index (χ0n) is 11.5. The van der Waals surface area contributed by atoms with E-state index in [2.05, 4.69) is 24.0 Å². The normalized spacial score (nSPS) is 10.8. The number of thioether (sulfide) groups is 1. The van der Waals surface area contributed by atoms with Crippen molar-refractivity contribution >= 4 is 46.1 Å². The molecule has 0 bridgehead atoms. The molecular formula is C13H11N5O2S2. The number of nitrogens with zero attached hydrogens (tertiary/aromatic N) is 3. The Labute approximate surface area is 133 Å². The minimum absolute atomic E-state index is 0.139. The molecule has 0 aliphatic rings. The number of rotatable bonds is 4. The van der Waals surface area contributed by atoms with Gasteiger partial charge in [0.25, 0.3) is 5.56 Å². The van der Waals surface area contributed by atoms with E-state index in [1.54, 1.807) is 13.0 Å². The molecule has 0 saturated carbocycles. The Morgan fingerprint density at radius 1 is 1.41 bits per heavy atom. The second-order valence-electron chi connectivity index (χ2n) is 4.47. The third-order valence-electron chi connectivity index (χ3n) is 2.75. The van der Waals surface area contributed by atoms with Gasteiger partial charge in [0, 0.05) is 11.8 Å². The fraction of sp³-hybridized carbons (Fsp3) is 0.154. The molecule has 22 heavy (non-hydrogen) atoms. The summed E-state index contributed by atoms with van der Waals surface area (Å²) in [6.07, 6.45) is 0. The van der Waals surface area contributed by atoms with Crippen LogP contribution in [0.25, 0.3) is 11.0 Å². The van der Waals surface area contributed by atoms with Crippen LogP contribution in [-0.4, -0.2) is 30.4 Å². The summed E-state index contributed by atoms with van der Waals surface area (Å²) in [6.45, 7) is 1.73. The third kappa shape index (κ3) is 3.31. The Morgan fingerprint density at radius 2 is 2.27 bits per heavy atom. The summed E-state index contributed by atoms with van der Waals surface area (Å²) in [4.78, 5) is 30.1. The van der Waals surface area contributed by atoms with E-state index in [0.29, 0.717) is 22.1 Å². The lowest BCUT2D eigenvalue weighted by atomic mass is 10.2. The highest BCUT2D eigenvalue weighted by Crippen LogP contribution is 2.21. The van der Waals surface area contributed by atoms with E-state index >= 15 is 0 Å². The Kier molecular flexibility index (Phi) is 4.16. The van der Waals surface area contributed by atoms with E-state index < -0.39 is 0 Å². The van der Waals surface area contributed by atoms with Gasteiger partial charge in [-0.2, -0.15) is 8.75 Å². The number of carbonyl (C=O) groups is 1. The fourth-order valence-corrected chi connectivity index (χ4v) is 3.12. The van der Waals surface area contributed by atoms with Gasteiger partial charge in [0.2, 0.25) is 5.91 Å². The second kappa shape index (κ2) is 6.24. The van der Waals surface area contributed by atoms with E-state index in [-0.39, 0.29) is 17.2 Å². The Balaban J connectivity index is 1.68. The number of aryl methyl sites for hydroxylation is 1. The lowest BCUT2D eigenvalue weighted by Gasteiger charge is -2.05. The molecule has 0 aliphatic carbocycles. The molecule has 7 nitrogen and oxygen atoms in total. The van der Waals surface area contributed by atoms with Crippen molar-refractivity contribution in [3.63, 3.8) is 0 Å². The molecule has 0 aliphatic heterocycles. The number of aromatic nitrogens is 4. The van der Waals surface area contributed by atoms with Crippen LogP contribution in [-0.2, 0) is 4.79 Å². The van der Waals surface area contributed by atoms with Crippen molar-refractivity contribution in [2.24, 2.45) is 0 Å². The quantitative estimate of drug-likeness (QED) is 0.558. The van der Waals surface area contributed by atoms with E-state index in [9.17, 15) is 9.59 Å². The van der Waals surface area contributed by atoms with Gasteiger partial charge in [-0.25, -0.2) is 4.98 Å². The lowest BCUT2D eigenvalue weighted by Crippen LogP contribution is -2.15. The van der Waals surface area contributed by atoms with Crippen LogP contribution in [0.3, 0.4) is 0 Å². The number of anilines is 1. The monoisotopic (exact) mass is 333 g/mol. The summed E-state index contributed by atoms with van der Waals surface area (Å²) < 4.78 is 8.29. The van der Waals surface area contributed by atoms with E-state index in [1.165, 1.54) is 17.8 Å². The summed E-state index contributed by atoms with van der Waals surface area (Å²) in [6, 6.07) is 6.83. The number of amides is 1. The minimum Gasteiger partial charge on any atom is -0.323 e. The van der Waals surface area contributed by atoms with E-state index in [1.807, 2.05) is 12.1 Å². The molecule has 112 valence electrons. The summed E-state index contributed by atoms with van der Waals surface area (Å²) >= 11 is 2.27. The SMILES string of the molecule is Cc1cc(=O)[nH]c(SCC(=O)Nc2cccc3nsnc23)n1. The Bertz CT molecular complexity index is 889. The van der Waals surface area contributed by atoms with E-state index in [0.717, 1.165) is 17.2 Å². The highest BCUT2D eigenvalue weighted by atomic mass is 32.2. The first kappa shape index (κ1) is 14.7. The summed E-state index contributed by atoms with van der Waals surface area (Å²) in [5.74, 6) is -0.0602. The maximum atomic E-state index is 12.0. The Morgan fingerprint density at radius 3 is 3.09 bits per heavy atom. The first-order valence-electron chi connectivity index (χ1n) is 6.34. The summed E-state index contributed by atoms with van der Waals surface area (Å²) in [5, 5.41) is 3.22. The number of carbonyl (C=O) groups excluding carboxylic acids is 1. The van der Waals surface area contributed by atoms with Gasteiger partial charge in [0.05, 0.1) is 23.2 Å². The second-order valence-corrected chi connectivity index (χ2v) is 5.96. The van der Waals surface area contributed by atoms with Crippen molar-refractivity contribution in [3.05, 3.63) is 40.3 Å². The van der Waals surface area contributed by atoms with Gasteiger partial charge in [-0.3, -0.25) is 9.59 Å². The van der Waals surface area contributed by atoms with Gasteiger partial charge in [-0.05, 0) is 19.1 Å². The molecule has 2 aromatic heterocycles. The van der Waals surface area contributed by atoms with Crippen LogP contribution in [0.5, 0.6) is 0 Å². The summed E-state index contributed by atoms with van der Waals surface area (Å²) in [5.41, 5.74) is 2.44. The lowest BCUT2D eigenvalue weighted by molar-refractivity contribution is -0.113.